The molecule has 0 unspecified atom stereocenters. The number of halogens is 2. The van der Waals surface area contributed by atoms with Crippen molar-refractivity contribution in [1.82, 2.24) is 0 Å². The highest BCUT2D eigenvalue weighted by molar-refractivity contribution is 7.39. The maximum atomic E-state index is 11.5. The number of hydrogen-bond acceptors (Lipinski definition) is 3. The van der Waals surface area contributed by atoms with Gasteiger partial charge in [-0.05, 0) is 12.8 Å². The van der Waals surface area contributed by atoms with Crippen molar-refractivity contribution in [1.29, 1.82) is 0 Å². The SMILES string of the molecule is OP(O)OCCCCC(F)F. The Bertz CT molecular complexity index is 81.8. The van der Waals surface area contributed by atoms with Gasteiger partial charge in [-0.2, -0.15) is 0 Å². The molecule has 0 rings (SSSR count). The van der Waals surface area contributed by atoms with Gasteiger partial charge in [-0.15, -0.1) is 0 Å². The minimum Gasteiger partial charge on any atom is -0.328 e. The number of hydrogen-bond donors (Lipinski definition) is 2. The van der Waals surface area contributed by atoms with Gasteiger partial charge in [0.25, 0.3) is 0 Å². The maximum Gasteiger partial charge on any atom is 0.327 e. The van der Waals surface area contributed by atoms with Crippen LogP contribution in [0.4, 0.5) is 8.78 Å². The van der Waals surface area contributed by atoms with Gasteiger partial charge in [0, 0.05) is 6.42 Å². The molecule has 3 nitrogen and oxygen atoms in total. The fraction of sp³-hybridized carbons (Fsp3) is 1.00. The summed E-state index contributed by atoms with van der Waals surface area (Å²) in [7, 11) is -2.32. The molecule has 0 spiro atoms. The average Bonchev–Trinajstić information content (AvgIpc) is 1.85. The van der Waals surface area contributed by atoms with Crippen molar-refractivity contribution >= 4 is 8.60 Å². The molecule has 11 heavy (non-hydrogen) atoms. The number of unbranched alkanes of at least 4 members (excludes halogenated alkanes) is 1. The van der Waals surface area contributed by atoms with Crippen molar-refractivity contribution in [3.8, 4) is 0 Å². The van der Waals surface area contributed by atoms with E-state index >= 15 is 0 Å². The standard InChI is InChI=1S/C5H11F2O3P/c6-5(7)3-1-2-4-10-11(8)9/h5,8-9H,1-4H2. The third kappa shape index (κ3) is 10.2. The molecule has 0 atom stereocenters. The fourth-order valence-electron chi connectivity index (χ4n) is 0.547. The van der Waals surface area contributed by atoms with Crippen LogP contribution in [0.1, 0.15) is 19.3 Å². The van der Waals surface area contributed by atoms with Crippen LogP contribution in [0.2, 0.25) is 0 Å². The summed E-state index contributed by atoms with van der Waals surface area (Å²) in [4.78, 5) is 16.4. The molecule has 0 aromatic carbocycles. The van der Waals surface area contributed by atoms with E-state index in [1.54, 1.807) is 0 Å². The summed E-state index contributed by atoms with van der Waals surface area (Å²) in [6, 6.07) is 0. The lowest BCUT2D eigenvalue weighted by molar-refractivity contribution is 0.131. The largest absolute Gasteiger partial charge is 0.328 e. The first-order valence-electron chi connectivity index (χ1n) is 3.22. The summed E-state index contributed by atoms with van der Waals surface area (Å²) in [6.07, 6.45) is -1.65. The van der Waals surface area contributed by atoms with Crippen molar-refractivity contribution in [2.24, 2.45) is 0 Å². The third-order valence-electron chi connectivity index (χ3n) is 1.02. The van der Waals surface area contributed by atoms with E-state index < -0.39 is 15.0 Å². The Morgan fingerprint density at radius 2 is 1.91 bits per heavy atom. The topological polar surface area (TPSA) is 49.7 Å². The Morgan fingerprint density at radius 3 is 2.36 bits per heavy atom. The fourth-order valence-corrected chi connectivity index (χ4v) is 0.839. The van der Waals surface area contributed by atoms with Gasteiger partial charge >= 0.3 is 8.60 Å². The normalized spacial score (nSPS) is 11.5. The molecule has 0 saturated carbocycles. The van der Waals surface area contributed by atoms with E-state index in [9.17, 15) is 8.78 Å². The van der Waals surface area contributed by atoms with Crippen LogP contribution in [-0.2, 0) is 4.52 Å². The van der Waals surface area contributed by atoms with E-state index in [0.29, 0.717) is 12.8 Å². The predicted octanol–water partition coefficient (Wildman–Crippen LogP) is 1.65. The molecular formula is C5H11F2O3P. The molecule has 6 heteroatoms. The molecule has 0 aliphatic rings. The maximum absolute atomic E-state index is 11.5. The van der Waals surface area contributed by atoms with Crippen LogP contribution in [0, 0.1) is 0 Å². The van der Waals surface area contributed by atoms with Crippen molar-refractivity contribution in [2.45, 2.75) is 25.7 Å². The van der Waals surface area contributed by atoms with Crippen LogP contribution in [0.3, 0.4) is 0 Å². The molecular weight excluding hydrogens is 177 g/mol. The van der Waals surface area contributed by atoms with Gasteiger partial charge < -0.3 is 14.3 Å². The van der Waals surface area contributed by atoms with Gasteiger partial charge in [0.2, 0.25) is 6.43 Å². The lowest BCUT2D eigenvalue weighted by atomic mass is 10.2. The lowest BCUT2D eigenvalue weighted by Crippen LogP contribution is -1.93. The molecule has 0 bridgehead atoms. The molecule has 0 saturated heterocycles. The molecule has 0 amide bonds. The van der Waals surface area contributed by atoms with E-state index in [1.807, 2.05) is 0 Å². The first kappa shape index (κ1) is 11.2. The van der Waals surface area contributed by atoms with Crippen molar-refractivity contribution in [2.75, 3.05) is 6.61 Å². The minimum atomic E-state index is -2.32. The highest BCUT2D eigenvalue weighted by Crippen LogP contribution is 2.24. The first-order valence-corrected chi connectivity index (χ1v) is 4.38. The van der Waals surface area contributed by atoms with Crippen molar-refractivity contribution in [3.05, 3.63) is 0 Å². The molecule has 0 aromatic heterocycles. The van der Waals surface area contributed by atoms with Crippen LogP contribution in [-0.4, -0.2) is 22.8 Å². The first-order chi connectivity index (χ1) is 5.13. The Morgan fingerprint density at radius 1 is 1.27 bits per heavy atom. The van der Waals surface area contributed by atoms with E-state index in [4.69, 9.17) is 9.79 Å². The second kappa shape index (κ2) is 6.85. The molecule has 68 valence electrons. The quantitative estimate of drug-likeness (QED) is 0.492. The third-order valence-corrected chi connectivity index (χ3v) is 1.44. The van der Waals surface area contributed by atoms with Crippen LogP contribution >= 0.6 is 8.60 Å². The van der Waals surface area contributed by atoms with Crippen LogP contribution < -0.4 is 0 Å². The second-order valence-corrected chi connectivity index (χ2v) is 2.74. The zero-order chi connectivity index (χ0) is 8.69. The van der Waals surface area contributed by atoms with Gasteiger partial charge in [-0.3, -0.25) is 0 Å². The summed E-state index contributed by atoms with van der Waals surface area (Å²) < 4.78 is 27.3. The molecule has 0 radical (unpaired) electrons. The smallest absolute Gasteiger partial charge is 0.327 e. The highest BCUT2D eigenvalue weighted by Gasteiger charge is 2.02. The summed E-state index contributed by atoms with van der Waals surface area (Å²) in [5.74, 6) is 0. The monoisotopic (exact) mass is 188 g/mol. The van der Waals surface area contributed by atoms with Crippen molar-refractivity contribution < 1.29 is 23.1 Å². The molecule has 0 aliphatic heterocycles. The van der Waals surface area contributed by atoms with Gasteiger partial charge in [0.1, 0.15) is 0 Å². The van der Waals surface area contributed by atoms with Gasteiger partial charge in [-0.1, -0.05) is 0 Å². The van der Waals surface area contributed by atoms with Gasteiger partial charge in [0.15, 0.2) is 0 Å². The molecule has 2 N–H and O–H groups in total. The Balaban J connectivity index is 2.91. The molecule has 0 aromatic rings. The summed E-state index contributed by atoms with van der Waals surface area (Å²) in [5, 5.41) is 0. The minimum absolute atomic E-state index is 0.130. The molecule has 0 fully saturated rings. The predicted molar refractivity (Wildman–Crippen MR) is 37.2 cm³/mol. The zero-order valence-electron chi connectivity index (χ0n) is 5.91. The molecule has 0 heterocycles. The second-order valence-electron chi connectivity index (χ2n) is 1.97. The lowest BCUT2D eigenvalue weighted by Gasteiger charge is -2.02. The van der Waals surface area contributed by atoms with Gasteiger partial charge in [-0.25, -0.2) is 8.78 Å². The van der Waals surface area contributed by atoms with Gasteiger partial charge in [0.05, 0.1) is 6.61 Å². The van der Waals surface area contributed by atoms with Crippen LogP contribution in [0.5, 0.6) is 0 Å². The van der Waals surface area contributed by atoms with Crippen LogP contribution in [0.15, 0.2) is 0 Å². The Labute approximate surface area is 65.0 Å². The van der Waals surface area contributed by atoms with E-state index in [1.165, 1.54) is 0 Å². The number of alkyl halides is 2. The highest BCUT2D eigenvalue weighted by atomic mass is 31.2. The van der Waals surface area contributed by atoms with E-state index in [2.05, 4.69) is 4.52 Å². The average molecular weight is 188 g/mol. The van der Waals surface area contributed by atoms with E-state index in [-0.39, 0.29) is 13.0 Å². The summed E-state index contributed by atoms with van der Waals surface area (Å²) in [5.41, 5.74) is 0. The number of rotatable bonds is 6. The Kier molecular flexibility index (Phi) is 6.96. The zero-order valence-corrected chi connectivity index (χ0v) is 6.81. The van der Waals surface area contributed by atoms with Crippen molar-refractivity contribution in [3.63, 3.8) is 0 Å². The molecule has 0 aliphatic carbocycles. The van der Waals surface area contributed by atoms with E-state index in [0.717, 1.165) is 0 Å². The Hall–Kier alpha value is 0.170. The summed E-state index contributed by atoms with van der Waals surface area (Å²) in [6.45, 7) is 0.130. The summed E-state index contributed by atoms with van der Waals surface area (Å²) >= 11 is 0. The van der Waals surface area contributed by atoms with Crippen LogP contribution in [0.25, 0.3) is 0 Å².